The molecular weight excluding hydrogens is 236 g/mol. The molecular formula is C16H18N2O. The summed E-state index contributed by atoms with van der Waals surface area (Å²) in [5.74, 6) is 1.00. The van der Waals surface area contributed by atoms with Crippen LogP contribution in [0.15, 0.2) is 48.2 Å². The highest BCUT2D eigenvalue weighted by Gasteiger charge is 2.21. The van der Waals surface area contributed by atoms with Crippen molar-refractivity contribution in [3.8, 4) is 0 Å². The third kappa shape index (κ3) is 2.47. The first-order chi connectivity index (χ1) is 9.38. The topological polar surface area (TPSA) is 34.1 Å². The normalized spacial score (nSPS) is 16.2. The minimum atomic E-state index is 0.0668. The summed E-state index contributed by atoms with van der Waals surface area (Å²) in [7, 11) is 0. The molecule has 0 saturated carbocycles. The number of nitrogens with one attached hydrogen (secondary N) is 1. The molecule has 0 spiro atoms. The molecule has 3 rings (SSSR count). The lowest BCUT2D eigenvalue weighted by atomic mass is 10.1. The Labute approximate surface area is 113 Å². The molecule has 1 unspecified atom stereocenters. The summed E-state index contributed by atoms with van der Waals surface area (Å²) in [6.07, 6.45) is 3.15. The molecule has 0 bridgehead atoms. The second-order valence-electron chi connectivity index (χ2n) is 4.66. The lowest BCUT2D eigenvalue weighted by molar-refractivity contribution is 0.215. The first kappa shape index (κ1) is 12.2. The molecule has 0 saturated heterocycles. The van der Waals surface area contributed by atoms with E-state index in [1.54, 1.807) is 0 Å². The summed E-state index contributed by atoms with van der Waals surface area (Å²) >= 11 is 0. The van der Waals surface area contributed by atoms with Gasteiger partial charge in [0.05, 0.1) is 17.8 Å². The van der Waals surface area contributed by atoms with Gasteiger partial charge in [0.25, 0.3) is 0 Å². The van der Waals surface area contributed by atoms with E-state index < -0.39 is 0 Å². The predicted molar refractivity (Wildman–Crippen MR) is 76.8 cm³/mol. The van der Waals surface area contributed by atoms with Crippen molar-refractivity contribution in [3.63, 3.8) is 0 Å². The number of aromatic nitrogens is 1. The fourth-order valence-electron chi connectivity index (χ4n) is 2.44. The Kier molecular flexibility index (Phi) is 3.47. The fourth-order valence-corrected chi connectivity index (χ4v) is 2.44. The number of fused-ring (bicyclic) bond motifs is 1. The number of para-hydroxylation sites is 1. The van der Waals surface area contributed by atoms with E-state index in [9.17, 15) is 0 Å². The molecule has 2 aromatic rings. The SMILES string of the molecule is CCNC(C1=CCCO1)c1ccc2ccccc2n1. The summed E-state index contributed by atoms with van der Waals surface area (Å²) < 4.78 is 5.69. The van der Waals surface area contributed by atoms with Crippen LogP contribution in [0.4, 0.5) is 0 Å². The van der Waals surface area contributed by atoms with Gasteiger partial charge in [0.1, 0.15) is 11.8 Å². The molecule has 1 N–H and O–H groups in total. The van der Waals surface area contributed by atoms with Crippen LogP contribution < -0.4 is 5.32 Å². The summed E-state index contributed by atoms with van der Waals surface area (Å²) in [6.45, 7) is 3.77. The largest absolute Gasteiger partial charge is 0.496 e. The smallest absolute Gasteiger partial charge is 0.115 e. The van der Waals surface area contributed by atoms with Crippen molar-refractivity contribution in [2.45, 2.75) is 19.4 Å². The van der Waals surface area contributed by atoms with Gasteiger partial charge in [-0.2, -0.15) is 0 Å². The molecule has 1 aromatic heterocycles. The van der Waals surface area contributed by atoms with Gasteiger partial charge in [-0.3, -0.25) is 4.98 Å². The molecule has 3 heteroatoms. The van der Waals surface area contributed by atoms with Gasteiger partial charge in [0.15, 0.2) is 0 Å². The molecule has 1 aromatic carbocycles. The summed E-state index contributed by atoms with van der Waals surface area (Å²) in [5, 5.41) is 4.62. The molecule has 3 nitrogen and oxygen atoms in total. The average Bonchev–Trinajstić information content (AvgIpc) is 2.98. The van der Waals surface area contributed by atoms with E-state index in [4.69, 9.17) is 9.72 Å². The van der Waals surface area contributed by atoms with Gasteiger partial charge in [-0.25, -0.2) is 0 Å². The third-order valence-corrected chi connectivity index (χ3v) is 3.34. The van der Waals surface area contributed by atoms with Crippen molar-refractivity contribution in [1.82, 2.24) is 10.3 Å². The van der Waals surface area contributed by atoms with Crippen molar-refractivity contribution in [2.24, 2.45) is 0 Å². The molecule has 0 fully saturated rings. The van der Waals surface area contributed by atoms with Crippen molar-refractivity contribution < 1.29 is 4.74 Å². The van der Waals surface area contributed by atoms with Crippen molar-refractivity contribution in [2.75, 3.05) is 13.2 Å². The predicted octanol–water partition coefficient (Wildman–Crippen LogP) is 3.19. The monoisotopic (exact) mass is 254 g/mol. The molecule has 2 heterocycles. The van der Waals surface area contributed by atoms with Crippen LogP contribution in [-0.4, -0.2) is 18.1 Å². The Balaban J connectivity index is 1.99. The van der Waals surface area contributed by atoms with Gasteiger partial charge in [-0.15, -0.1) is 0 Å². The molecule has 1 aliphatic rings. The van der Waals surface area contributed by atoms with Crippen LogP contribution in [0.5, 0.6) is 0 Å². The highest BCUT2D eigenvalue weighted by Crippen LogP contribution is 2.26. The van der Waals surface area contributed by atoms with Gasteiger partial charge >= 0.3 is 0 Å². The van der Waals surface area contributed by atoms with Crippen molar-refractivity contribution >= 4 is 10.9 Å². The minimum absolute atomic E-state index is 0.0668. The van der Waals surface area contributed by atoms with E-state index in [1.807, 2.05) is 18.2 Å². The highest BCUT2D eigenvalue weighted by molar-refractivity contribution is 5.78. The molecule has 19 heavy (non-hydrogen) atoms. The number of hydrogen-bond acceptors (Lipinski definition) is 3. The van der Waals surface area contributed by atoms with Crippen LogP contribution >= 0.6 is 0 Å². The molecule has 1 atom stereocenters. The zero-order chi connectivity index (χ0) is 13.1. The summed E-state index contributed by atoms with van der Waals surface area (Å²) in [6, 6.07) is 12.5. The number of ether oxygens (including phenoxy) is 1. The van der Waals surface area contributed by atoms with E-state index in [-0.39, 0.29) is 6.04 Å². The molecule has 0 amide bonds. The van der Waals surface area contributed by atoms with Crippen LogP contribution in [0.2, 0.25) is 0 Å². The zero-order valence-electron chi connectivity index (χ0n) is 11.1. The van der Waals surface area contributed by atoms with Crippen LogP contribution in [0, 0.1) is 0 Å². The number of hydrogen-bond donors (Lipinski definition) is 1. The van der Waals surface area contributed by atoms with E-state index >= 15 is 0 Å². The zero-order valence-corrected chi connectivity index (χ0v) is 11.1. The number of likely N-dealkylation sites (N-methyl/N-ethyl adjacent to an activating group) is 1. The maximum absolute atomic E-state index is 5.69. The Morgan fingerprint density at radius 2 is 2.16 bits per heavy atom. The number of rotatable bonds is 4. The van der Waals surface area contributed by atoms with Gasteiger partial charge in [0.2, 0.25) is 0 Å². The van der Waals surface area contributed by atoms with E-state index in [0.717, 1.165) is 36.5 Å². The number of nitrogens with zero attached hydrogens (tertiary/aromatic N) is 1. The summed E-state index contributed by atoms with van der Waals surface area (Å²) in [5.41, 5.74) is 2.05. The number of benzene rings is 1. The second kappa shape index (κ2) is 5.41. The van der Waals surface area contributed by atoms with Crippen LogP contribution in [0.25, 0.3) is 10.9 Å². The van der Waals surface area contributed by atoms with Gasteiger partial charge in [0, 0.05) is 11.8 Å². The lowest BCUT2D eigenvalue weighted by Crippen LogP contribution is -2.24. The lowest BCUT2D eigenvalue weighted by Gasteiger charge is -2.19. The quantitative estimate of drug-likeness (QED) is 0.909. The number of pyridine rings is 1. The van der Waals surface area contributed by atoms with Crippen molar-refractivity contribution in [3.05, 3.63) is 53.9 Å². The van der Waals surface area contributed by atoms with Gasteiger partial charge in [-0.1, -0.05) is 31.2 Å². The van der Waals surface area contributed by atoms with Crippen LogP contribution in [-0.2, 0) is 4.74 Å². The molecule has 0 radical (unpaired) electrons. The standard InChI is InChI=1S/C16H18N2O/c1-2-17-16(15-8-5-11-19-15)14-10-9-12-6-3-4-7-13(12)18-14/h3-4,6-10,16-17H,2,5,11H2,1H3. The van der Waals surface area contributed by atoms with Gasteiger partial charge in [-0.05, 0) is 24.8 Å². The maximum Gasteiger partial charge on any atom is 0.115 e. The second-order valence-corrected chi connectivity index (χ2v) is 4.66. The highest BCUT2D eigenvalue weighted by atomic mass is 16.5. The molecule has 98 valence electrons. The minimum Gasteiger partial charge on any atom is -0.496 e. The first-order valence-electron chi connectivity index (χ1n) is 6.80. The van der Waals surface area contributed by atoms with E-state index in [2.05, 4.69) is 36.5 Å². The Bertz CT molecular complexity index is 606. The first-order valence-corrected chi connectivity index (χ1v) is 6.80. The third-order valence-electron chi connectivity index (χ3n) is 3.34. The average molecular weight is 254 g/mol. The van der Waals surface area contributed by atoms with Crippen LogP contribution in [0.1, 0.15) is 25.1 Å². The van der Waals surface area contributed by atoms with Crippen molar-refractivity contribution in [1.29, 1.82) is 0 Å². The molecule has 1 aliphatic heterocycles. The van der Waals surface area contributed by atoms with E-state index in [1.165, 1.54) is 5.39 Å². The van der Waals surface area contributed by atoms with Crippen LogP contribution in [0.3, 0.4) is 0 Å². The fraction of sp³-hybridized carbons (Fsp3) is 0.312. The Hall–Kier alpha value is -1.87. The molecule has 0 aliphatic carbocycles. The summed E-state index contributed by atoms with van der Waals surface area (Å²) in [4.78, 5) is 4.76. The Morgan fingerprint density at radius 3 is 2.95 bits per heavy atom. The van der Waals surface area contributed by atoms with Gasteiger partial charge < -0.3 is 10.1 Å². The Morgan fingerprint density at radius 1 is 1.26 bits per heavy atom. The van der Waals surface area contributed by atoms with E-state index in [0.29, 0.717) is 0 Å². The maximum atomic E-state index is 5.69.